The Hall–Kier alpha value is -0.770. The van der Waals surface area contributed by atoms with Gasteiger partial charge in [-0.15, -0.1) is 24.0 Å². The number of halogens is 1. The summed E-state index contributed by atoms with van der Waals surface area (Å²) in [6, 6.07) is 0. The van der Waals surface area contributed by atoms with Crippen molar-refractivity contribution in [2.75, 3.05) is 32.8 Å². The Morgan fingerprint density at radius 3 is 2.54 bits per heavy atom. The number of aliphatic imine (C=N–C) groups is 1. The Kier molecular flexibility index (Phi) is 12.2. The SMILES string of the molecule is CCNC(=NCCC1CCCO1)NCCNC(=O)OC(C)(C)C.I. The van der Waals surface area contributed by atoms with Gasteiger partial charge < -0.3 is 25.4 Å². The van der Waals surface area contributed by atoms with Crippen molar-refractivity contribution >= 4 is 36.0 Å². The molecular weight excluding hydrogens is 423 g/mol. The van der Waals surface area contributed by atoms with Crippen molar-refractivity contribution in [3.8, 4) is 0 Å². The van der Waals surface area contributed by atoms with Gasteiger partial charge in [-0.25, -0.2) is 4.79 Å². The van der Waals surface area contributed by atoms with E-state index in [1.165, 1.54) is 0 Å². The van der Waals surface area contributed by atoms with Crippen LogP contribution in [0.15, 0.2) is 4.99 Å². The highest BCUT2D eigenvalue weighted by molar-refractivity contribution is 14.0. The first-order valence-electron chi connectivity index (χ1n) is 8.51. The molecule has 0 aliphatic carbocycles. The zero-order valence-corrected chi connectivity index (χ0v) is 17.6. The number of alkyl carbamates (subject to hydrolysis) is 1. The van der Waals surface area contributed by atoms with Crippen molar-refractivity contribution in [3.05, 3.63) is 0 Å². The summed E-state index contributed by atoms with van der Waals surface area (Å²) in [5, 5.41) is 9.09. The molecule has 3 N–H and O–H groups in total. The van der Waals surface area contributed by atoms with E-state index in [0.717, 1.165) is 44.9 Å². The van der Waals surface area contributed by atoms with E-state index in [2.05, 4.69) is 20.9 Å². The summed E-state index contributed by atoms with van der Waals surface area (Å²) in [4.78, 5) is 16.1. The van der Waals surface area contributed by atoms with E-state index < -0.39 is 11.7 Å². The number of carbonyl (C=O) groups is 1. The molecule has 1 heterocycles. The van der Waals surface area contributed by atoms with Crippen LogP contribution in [0, 0.1) is 0 Å². The topological polar surface area (TPSA) is 84.0 Å². The van der Waals surface area contributed by atoms with Gasteiger partial charge in [-0.1, -0.05) is 0 Å². The van der Waals surface area contributed by atoms with Gasteiger partial charge >= 0.3 is 6.09 Å². The van der Waals surface area contributed by atoms with Gasteiger partial charge in [0.25, 0.3) is 0 Å². The first-order chi connectivity index (χ1) is 10.9. The predicted octanol–water partition coefficient (Wildman–Crippen LogP) is 2.25. The largest absolute Gasteiger partial charge is 0.444 e. The third-order valence-corrected chi connectivity index (χ3v) is 3.17. The lowest BCUT2D eigenvalue weighted by molar-refractivity contribution is 0.0529. The Morgan fingerprint density at radius 1 is 1.25 bits per heavy atom. The minimum absolute atomic E-state index is 0. The number of hydrogen-bond donors (Lipinski definition) is 3. The Labute approximate surface area is 162 Å². The van der Waals surface area contributed by atoms with Crippen LogP contribution >= 0.6 is 24.0 Å². The lowest BCUT2D eigenvalue weighted by Crippen LogP contribution is -2.42. The molecule has 0 bridgehead atoms. The molecule has 8 heteroatoms. The first kappa shape index (κ1) is 23.2. The third-order valence-electron chi connectivity index (χ3n) is 3.17. The van der Waals surface area contributed by atoms with Crippen LogP contribution in [0.2, 0.25) is 0 Å². The van der Waals surface area contributed by atoms with Gasteiger partial charge in [0.05, 0.1) is 6.10 Å². The van der Waals surface area contributed by atoms with Gasteiger partial charge in [0, 0.05) is 32.8 Å². The molecule has 1 amide bonds. The number of carbonyl (C=O) groups excluding carboxylic acids is 1. The van der Waals surface area contributed by atoms with Crippen LogP contribution in [-0.4, -0.2) is 56.5 Å². The summed E-state index contributed by atoms with van der Waals surface area (Å²) in [7, 11) is 0. The summed E-state index contributed by atoms with van der Waals surface area (Å²) in [6.07, 6.45) is 3.20. The lowest BCUT2D eigenvalue weighted by atomic mass is 10.2. The summed E-state index contributed by atoms with van der Waals surface area (Å²) in [5.41, 5.74) is -0.476. The van der Waals surface area contributed by atoms with Crippen LogP contribution in [0.5, 0.6) is 0 Å². The molecule has 0 saturated carbocycles. The molecule has 1 unspecified atom stereocenters. The fourth-order valence-electron chi connectivity index (χ4n) is 2.19. The number of hydrogen-bond acceptors (Lipinski definition) is 4. The fourth-order valence-corrected chi connectivity index (χ4v) is 2.19. The van der Waals surface area contributed by atoms with Crippen molar-refractivity contribution in [2.45, 2.75) is 58.7 Å². The second-order valence-electron chi connectivity index (χ2n) is 6.54. The minimum atomic E-state index is -0.476. The average molecular weight is 456 g/mol. The lowest BCUT2D eigenvalue weighted by Gasteiger charge is -2.20. The first-order valence-corrected chi connectivity index (χ1v) is 8.51. The molecule has 1 aliphatic heterocycles. The van der Waals surface area contributed by atoms with Crippen LogP contribution < -0.4 is 16.0 Å². The number of guanidine groups is 1. The Balaban J connectivity index is 0.00000529. The van der Waals surface area contributed by atoms with E-state index >= 15 is 0 Å². The van der Waals surface area contributed by atoms with Gasteiger partial charge in [0.1, 0.15) is 5.60 Å². The number of nitrogens with one attached hydrogen (secondary N) is 3. The van der Waals surface area contributed by atoms with Gasteiger partial charge in [-0.05, 0) is 47.0 Å². The van der Waals surface area contributed by atoms with Crippen molar-refractivity contribution < 1.29 is 14.3 Å². The number of nitrogens with zero attached hydrogens (tertiary/aromatic N) is 1. The van der Waals surface area contributed by atoms with E-state index in [1.807, 2.05) is 27.7 Å². The second kappa shape index (κ2) is 12.6. The molecule has 0 aromatic heterocycles. The molecule has 7 nitrogen and oxygen atoms in total. The maximum atomic E-state index is 11.5. The van der Waals surface area contributed by atoms with E-state index in [1.54, 1.807) is 0 Å². The molecule has 0 radical (unpaired) electrons. The van der Waals surface area contributed by atoms with E-state index in [9.17, 15) is 4.79 Å². The van der Waals surface area contributed by atoms with Gasteiger partial charge in [-0.2, -0.15) is 0 Å². The molecule has 1 atom stereocenters. The van der Waals surface area contributed by atoms with E-state index in [-0.39, 0.29) is 24.0 Å². The number of rotatable bonds is 7. The van der Waals surface area contributed by atoms with Crippen LogP contribution in [-0.2, 0) is 9.47 Å². The van der Waals surface area contributed by atoms with Gasteiger partial charge in [-0.3, -0.25) is 4.99 Å². The molecule has 1 saturated heterocycles. The maximum absolute atomic E-state index is 11.5. The molecule has 1 aliphatic rings. The van der Waals surface area contributed by atoms with Gasteiger partial charge in [0.2, 0.25) is 0 Å². The average Bonchev–Trinajstić information content (AvgIpc) is 2.94. The van der Waals surface area contributed by atoms with Crippen molar-refractivity contribution in [2.24, 2.45) is 4.99 Å². The maximum Gasteiger partial charge on any atom is 0.407 e. The standard InChI is InChI=1S/C16H32N4O3.HI/c1-5-17-14(18-9-8-13-7-6-12-22-13)19-10-11-20-15(21)23-16(2,3)4;/h13H,5-12H2,1-4H3,(H,20,21)(H2,17,18,19);1H. The summed E-state index contributed by atoms with van der Waals surface area (Å²) < 4.78 is 10.8. The fraction of sp³-hybridized carbons (Fsp3) is 0.875. The van der Waals surface area contributed by atoms with Crippen LogP contribution in [0.25, 0.3) is 0 Å². The van der Waals surface area contributed by atoms with E-state index in [4.69, 9.17) is 9.47 Å². The highest BCUT2D eigenvalue weighted by Crippen LogP contribution is 2.14. The zero-order valence-electron chi connectivity index (χ0n) is 15.3. The third kappa shape index (κ3) is 11.7. The quantitative estimate of drug-likeness (QED) is 0.237. The molecule has 24 heavy (non-hydrogen) atoms. The molecule has 0 spiro atoms. The summed E-state index contributed by atoms with van der Waals surface area (Å²) >= 11 is 0. The molecule has 1 fully saturated rings. The van der Waals surface area contributed by atoms with Crippen LogP contribution in [0.3, 0.4) is 0 Å². The summed E-state index contributed by atoms with van der Waals surface area (Å²) in [5.74, 6) is 0.761. The second-order valence-corrected chi connectivity index (χ2v) is 6.54. The van der Waals surface area contributed by atoms with Crippen LogP contribution in [0.1, 0.15) is 47.0 Å². The minimum Gasteiger partial charge on any atom is -0.444 e. The molecule has 142 valence electrons. The number of ether oxygens (including phenoxy) is 2. The molecule has 0 aromatic carbocycles. The van der Waals surface area contributed by atoms with E-state index in [0.29, 0.717) is 19.2 Å². The van der Waals surface area contributed by atoms with Crippen molar-refractivity contribution in [1.82, 2.24) is 16.0 Å². The Bertz CT molecular complexity index is 380. The van der Waals surface area contributed by atoms with Crippen LogP contribution in [0.4, 0.5) is 4.79 Å². The normalized spacial score (nSPS) is 17.8. The molecular formula is C16H33IN4O3. The molecule has 1 rings (SSSR count). The highest BCUT2D eigenvalue weighted by Gasteiger charge is 2.16. The highest BCUT2D eigenvalue weighted by atomic mass is 127. The van der Waals surface area contributed by atoms with Crippen molar-refractivity contribution in [3.63, 3.8) is 0 Å². The predicted molar refractivity (Wildman–Crippen MR) is 107 cm³/mol. The van der Waals surface area contributed by atoms with Gasteiger partial charge in [0.15, 0.2) is 5.96 Å². The smallest absolute Gasteiger partial charge is 0.407 e. The Morgan fingerprint density at radius 2 is 1.96 bits per heavy atom. The zero-order chi connectivity index (χ0) is 17.1. The van der Waals surface area contributed by atoms with Crippen molar-refractivity contribution in [1.29, 1.82) is 0 Å². The molecule has 0 aromatic rings. The summed E-state index contributed by atoms with van der Waals surface area (Å²) in [6.45, 7) is 11.0. The monoisotopic (exact) mass is 456 g/mol. The number of amides is 1.